The Morgan fingerprint density at radius 2 is 1.96 bits per heavy atom. The summed E-state index contributed by atoms with van der Waals surface area (Å²) in [4.78, 5) is 26.0. The first-order valence-corrected chi connectivity index (χ1v) is 8.22. The number of anilines is 1. The van der Waals surface area contributed by atoms with Crippen LogP contribution in [0.4, 0.5) is 24.5 Å². The Hall–Kier alpha value is -2.95. The van der Waals surface area contributed by atoms with E-state index in [9.17, 15) is 28.1 Å². The van der Waals surface area contributed by atoms with E-state index in [4.69, 9.17) is 0 Å². The first-order chi connectivity index (χ1) is 12.7. The van der Waals surface area contributed by atoms with Gasteiger partial charge in [-0.15, -0.1) is 0 Å². The van der Waals surface area contributed by atoms with Crippen LogP contribution in [0.1, 0.15) is 5.82 Å². The van der Waals surface area contributed by atoms with Gasteiger partial charge < -0.3 is 9.88 Å². The molecule has 3 rings (SSSR count). The number of benzene rings is 2. The number of nitrogens with one attached hydrogen (secondary N) is 1. The highest BCUT2D eigenvalue weighted by Crippen LogP contribution is 2.32. The fourth-order valence-electron chi connectivity index (χ4n) is 2.50. The molecule has 0 spiro atoms. The number of aromatic nitrogens is 2. The van der Waals surface area contributed by atoms with Crippen molar-refractivity contribution >= 4 is 44.2 Å². The molecule has 1 amide bonds. The highest BCUT2D eigenvalue weighted by Gasteiger charge is 2.38. The van der Waals surface area contributed by atoms with E-state index < -0.39 is 29.4 Å². The third-order valence-corrected chi connectivity index (χ3v) is 4.30. The number of carbonyl (C=O) groups is 1. The number of nitrogens with zero attached hydrogens (tertiary/aromatic N) is 3. The van der Waals surface area contributed by atoms with Gasteiger partial charge in [0.15, 0.2) is 0 Å². The van der Waals surface area contributed by atoms with Crippen molar-refractivity contribution in [3.05, 3.63) is 62.9 Å². The zero-order valence-electron chi connectivity index (χ0n) is 13.3. The monoisotopic (exact) mass is 442 g/mol. The van der Waals surface area contributed by atoms with E-state index >= 15 is 0 Å². The minimum atomic E-state index is -4.73. The molecule has 1 aromatic heterocycles. The summed E-state index contributed by atoms with van der Waals surface area (Å²) in [6, 6.07) is 9.60. The van der Waals surface area contributed by atoms with Gasteiger partial charge >= 0.3 is 6.18 Å². The quantitative estimate of drug-likeness (QED) is 0.479. The number of halogens is 4. The van der Waals surface area contributed by atoms with Crippen molar-refractivity contribution in [3.63, 3.8) is 0 Å². The van der Waals surface area contributed by atoms with Crippen LogP contribution in [0.2, 0.25) is 0 Å². The molecule has 0 fully saturated rings. The van der Waals surface area contributed by atoms with Gasteiger partial charge in [-0.2, -0.15) is 13.2 Å². The standard InChI is InChI=1S/C16H10BrF3N4O3/c17-10-7-9(24(26)27)5-6-11(10)21-14(25)8-23-13-4-2-1-3-12(13)22-15(23)16(18,19)20/h1-7H,8H2,(H,21,25). The lowest BCUT2D eigenvalue weighted by Gasteiger charge is -2.12. The van der Waals surface area contributed by atoms with Gasteiger partial charge in [0.25, 0.3) is 5.69 Å². The molecule has 0 aliphatic carbocycles. The average molecular weight is 443 g/mol. The summed E-state index contributed by atoms with van der Waals surface area (Å²) in [7, 11) is 0. The van der Waals surface area contributed by atoms with Crippen LogP contribution in [0.25, 0.3) is 11.0 Å². The molecule has 140 valence electrons. The summed E-state index contributed by atoms with van der Waals surface area (Å²) in [5, 5.41) is 13.2. The SMILES string of the molecule is O=C(Cn1c(C(F)(F)F)nc2ccccc21)Nc1ccc([N+](=O)[O-])cc1Br. The lowest BCUT2D eigenvalue weighted by Crippen LogP contribution is -2.23. The van der Waals surface area contributed by atoms with Crippen molar-refractivity contribution in [1.82, 2.24) is 9.55 Å². The Balaban J connectivity index is 1.89. The van der Waals surface area contributed by atoms with Gasteiger partial charge in [-0.1, -0.05) is 12.1 Å². The molecule has 0 saturated heterocycles. The van der Waals surface area contributed by atoms with Crippen LogP contribution in [0, 0.1) is 10.1 Å². The second-order valence-corrected chi connectivity index (χ2v) is 6.33. The van der Waals surface area contributed by atoms with E-state index in [1.165, 1.54) is 30.3 Å². The smallest absolute Gasteiger partial charge is 0.323 e. The third kappa shape index (κ3) is 3.92. The van der Waals surface area contributed by atoms with Crippen LogP contribution < -0.4 is 5.32 Å². The number of non-ortho nitro benzene ring substituents is 1. The summed E-state index contributed by atoms with van der Waals surface area (Å²) in [5.41, 5.74) is 0.292. The van der Waals surface area contributed by atoms with Crippen LogP contribution in [0.3, 0.4) is 0 Å². The van der Waals surface area contributed by atoms with E-state index in [-0.39, 0.29) is 26.9 Å². The highest BCUT2D eigenvalue weighted by atomic mass is 79.9. The molecule has 0 bridgehead atoms. The summed E-state index contributed by atoms with van der Waals surface area (Å²) in [6.45, 7) is -0.626. The maximum Gasteiger partial charge on any atom is 0.449 e. The Bertz CT molecular complexity index is 1050. The normalized spacial score (nSPS) is 11.6. The number of nitro groups is 1. The lowest BCUT2D eigenvalue weighted by atomic mass is 10.3. The molecule has 0 aliphatic rings. The van der Waals surface area contributed by atoms with Crippen molar-refractivity contribution in [2.75, 3.05) is 5.32 Å². The molecule has 2 aromatic carbocycles. The number of nitro benzene ring substituents is 1. The van der Waals surface area contributed by atoms with Crippen molar-refractivity contribution < 1.29 is 22.9 Å². The zero-order chi connectivity index (χ0) is 19.8. The van der Waals surface area contributed by atoms with Crippen LogP contribution in [0.15, 0.2) is 46.9 Å². The predicted octanol–water partition coefficient (Wildman–Crippen LogP) is 4.36. The van der Waals surface area contributed by atoms with Gasteiger partial charge in [-0.05, 0) is 34.1 Å². The molecule has 0 saturated carbocycles. The zero-order valence-corrected chi connectivity index (χ0v) is 14.9. The topological polar surface area (TPSA) is 90.1 Å². The van der Waals surface area contributed by atoms with Crippen LogP contribution >= 0.6 is 15.9 Å². The molecule has 0 unspecified atom stereocenters. The summed E-state index contributed by atoms with van der Waals surface area (Å²) >= 11 is 3.09. The summed E-state index contributed by atoms with van der Waals surface area (Å²) in [5.74, 6) is -1.92. The Morgan fingerprint density at radius 1 is 1.26 bits per heavy atom. The third-order valence-electron chi connectivity index (χ3n) is 3.65. The number of fused-ring (bicyclic) bond motifs is 1. The lowest BCUT2D eigenvalue weighted by molar-refractivity contribution is -0.384. The van der Waals surface area contributed by atoms with Crippen LogP contribution in [-0.2, 0) is 17.5 Å². The number of para-hydroxylation sites is 2. The van der Waals surface area contributed by atoms with Gasteiger partial charge in [0, 0.05) is 16.6 Å². The molecule has 1 N–H and O–H groups in total. The van der Waals surface area contributed by atoms with E-state index in [0.717, 1.165) is 4.57 Å². The minimum absolute atomic E-state index is 0.120. The van der Waals surface area contributed by atoms with Crippen LogP contribution in [-0.4, -0.2) is 20.4 Å². The van der Waals surface area contributed by atoms with E-state index in [0.29, 0.717) is 0 Å². The van der Waals surface area contributed by atoms with Crippen molar-refractivity contribution in [1.29, 1.82) is 0 Å². The highest BCUT2D eigenvalue weighted by molar-refractivity contribution is 9.10. The number of imidazole rings is 1. The number of rotatable bonds is 4. The summed E-state index contributed by atoms with van der Waals surface area (Å²) < 4.78 is 40.8. The van der Waals surface area contributed by atoms with Crippen LogP contribution in [0.5, 0.6) is 0 Å². The first kappa shape index (κ1) is 18.8. The van der Waals surface area contributed by atoms with Gasteiger partial charge in [0.1, 0.15) is 6.54 Å². The van der Waals surface area contributed by atoms with E-state index in [1.54, 1.807) is 12.1 Å². The fraction of sp³-hybridized carbons (Fsp3) is 0.125. The maximum atomic E-state index is 13.3. The second kappa shape index (κ2) is 6.99. The molecule has 0 aliphatic heterocycles. The molecule has 11 heteroatoms. The number of amides is 1. The number of alkyl halides is 3. The Kier molecular flexibility index (Phi) is 4.87. The maximum absolute atomic E-state index is 13.3. The van der Waals surface area contributed by atoms with Crippen molar-refractivity contribution in [2.45, 2.75) is 12.7 Å². The van der Waals surface area contributed by atoms with Gasteiger partial charge in [0.2, 0.25) is 11.7 Å². The van der Waals surface area contributed by atoms with Gasteiger partial charge in [0.05, 0.1) is 21.6 Å². The molecular weight excluding hydrogens is 433 g/mol. The molecule has 27 heavy (non-hydrogen) atoms. The molecule has 7 nitrogen and oxygen atoms in total. The second-order valence-electron chi connectivity index (χ2n) is 5.48. The van der Waals surface area contributed by atoms with Gasteiger partial charge in [-0.3, -0.25) is 14.9 Å². The number of carbonyl (C=O) groups excluding carboxylic acids is 1. The molecule has 0 atom stereocenters. The molecule has 3 aromatic rings. The predicted molar refractivity (Wildman–Crippen MR) is 94.2 cm³/mol. The number of hydrogen-bond acceptors (Lipinski definition) is 4. The van der Waals surface area contributed by atoms with Crippen molar-refractivity contribution in [3.8, 4) is 0 Å². The molecule has 0 radical (unpaired) electrons. The van der Waals surface area contributed by atoms with E-state index in [1.807, 2.05) is 0 Å². The number of hydrogen-bond donors (Lipinski definition) is 1. The van der Waals surface area contributed by atoms with E-state index in [2.05, 4.69) is 26.2 Å². The first-order valence-electron chi connectivity index (χ1n) is 7.43. The minimum Gasteiger partial charge on any atom is -0.323 e. The fourth-order valence-corrected chi connectivity index (χ4v) is 2.97. The summed E-state index contributed by atoms with van der Waals surface area (Å²) in [6.07, 6.45) is -4.73. The largest absolute Gasteiger partial charge is 0.449 e. The van der Waals surface area contributed by atoms with Gasteiger partial charge in [-0.25, -0.2) is 4.98 Å². The molecular formula is C16H10BrF3N4O3. The molecule has 1 heterocycles. The average Bonchev–Trinajstić information content (AvgIpc) is 2.95. The van der Waals surface area contributed by atoms with Crippen molar-refractivity contribution in [2.24, 2.45) is 0 Å². The Morgan fingerprint density at radius 3 is 2.59 bits per heavy atom. The Labute approximate surface area is 158 Å².